The molecule has 1 atom stereocenters. The van der Waals surface area contributed by atoms with Gasteiger partial charge in [0, 0.05) is 25.4 Å². The Labute approximate surface area is 142 Å². The summed E-state index contributed by atoms with van der Waals surface area (Å²) in [6, 6.07) is 3.05. The third-order valence-corrected chi connectivity index (χ3v) is 5.65. The number of hydrogen-bond donors (Lipinski definition) is 1. The predicted octanol–water partition coefficient (Wildman–Crippen LogP) is 0.911. The Morgan fingerprint density at radius 3 is 2.79 bits per heavy atom. The summed E-state index contributed by atoms with van der Waals surface area (Å²) in [7, 11) is -3.35. The Morgan fingerprint density at radius 2 is 2.17 bits per heavy atom. The van der Waals surface area contributed by atoms with Gasteiger partial charge in [-0.1, -0.05) is 6.07 Å². The van der Waals surface area contributed by atoms with Gasteiger partial charge in [0.25, 0.3) is 0 Å². The average molecular weight is 353 g/mol. The normalized spacial score (nSPS) is 21.6. The molecule has 0 bridgehead atoms. The highest BCUT2D eigenvalue weighted by atomic mass is 32.2. The minimum atomic E-state index is -3.35. The molecule has 0 spiro atoms. The van der Waals surface area contributed by atoms with E-state index >= 15 is 0 Å². The maximum Gasteiger partial charge on any atom is 0.238 e. The third kappa shape index (κ3) is 4.45. The molecular weight excluding hydrogens is 330 g/mol. The van der Waals surface area contributed by atoms with Gasteiger partial charge < -0.3 is 10.1 Å². The fourth-order valence-electron chi connectivity index (χ4n) is 2.79. The molecule has 1 saturated carbocycles. The second-order valence-corrected chi connectivity index (χ2v) is 8.44. The first kappa shape index (κ1) is 17.2. The number of sulfonamides is 1. The molecule has 24 heavy (non-hydrogen) atoms. The van der Waals surface area contributed by atoms with Crippen LogP contribution in [0.2, 0.25) is 0 Å². The lowest BCUT2D eigenvalue weighted by molar-refractivity contribution is -0.124. The van der Waals surface area contributed by atoms with E-state index in [-0.39, 0.29) is 5.91 Å². The zero-order valence-corrected chi connectivity index (χ0v) is 14.6. The van der Waals surface area contributed by atoms with Gasteiger partial charge in [-0.2, -0.15) is 4.31 Å². The van der Waals surface area contributed by atoms with Gasteiger partial charge in [0.05, 0.1) is 12.9 Å². The Kier molecular flexibility index (Phi) is 5.05. The van der Waals surface area contributed by atoms with Crippen molar-refractivity contribution in [3.63, 3.8) is 0 Å². The molecule has 0 aromatic carbocycles. The molecule has 132 valence electrons. The van der Waals surface area contributed by atoms with Crippen molar-refractivity contribution in [2.24, 2.45) is 5.92 Å². The number of hydrogen-bond acceptors (Lipinski definition) is 5. The van der Waals surface area contributed by atoms with E-state index < -0.39 is 16.1 Å². The highest BCUT2D eigenvalue weighted by molar-refractivity contribution is 7.88. The molecule has 2 fully saturated rings. The molecule has 1 aliphatic carbocycles. The summed E-state index contributed by atoms with van der Waals surface area (Å²) in [6.45, 7) is 1.44. The van der Waals surface area contributed by atoms with Crippen LogP contribution < -0.4 is 10.1 Å². The molecule has 8 heteroatoms. The lowest BCUT2D eigenvalue weighted by Gasteiger charge is -2.21. The van der Waals surface area contributed by atoms with E-state index in [9.17, 15) is 13.2 Å². The third-order valence-electron chi connectivity index (χ3n) is 4.36. The van der Waals surface area contributed by atoms with E-state index in [0.29, 0.717) is 44.3 Å². The Bertz CT molecular complexity index is 686. The van der Waals surface area contributed by atoms with Crippen LogP contribution in [-0.2, 0) is 21.4 Å². The number of carbonyl (C=O) groups excluding carboxylic acids is 1. The number of nitrogens with zero attached hydrogens (tertiary/aromatic N) is 2. The summed E-state index contributed by atoms with van der Waals surface area (Å²) in [4.78, 5) is 16.5. The van der Waals surface area contributed by atoms with Crippen molar-refractivity contribution < 1.29 is 17.9 Å². The average Bonchev–Trinajstić information content (AvgIpc) is 3.23. The van der Waals surface area contributed by atoms with Crippen LogP contribution in [0.25, 0.3) is 0 Å². The van der Waals surface area contributed by atoms with Gasteiger partial charge in [0.2, 0.25) is 21.8 Å². The standard InChI is InChI=1S/C16H23N3O4S/c1-24(21,22)19-8-2-3-14(19)16(20)18-10-13-6-7-15(17-9-13)23-11-12-4-5-12/h6-7,9,12,14H,2-5,8,10-11H2,1H3,(H,18,20). The zero-order chi connectivity index (χ0) is 17.2. The van der Waals surface area contributed by atoms with E-state index in [1.54, 1.807) is 12.3 Å². The minimum absolute atomic E-state index is 0.257. The van der Waals surface area contributed by atoms with Crippen molar-refractivity contribution in [2.45, 2.75) is 38.3 Å². The maximum atomic E-state index is 12.3. The van der Waals surface area contributed by atoms with Crippen LogP contribution >= 0.6 is 0 Å². The van der Waals surface area contributed by atoms with Gasteiger partial charge in [-0.25, -0.2) is 13.4 Å². The Balaban J connectivity index is 1.50. The number of ether oxygens (including phenoxy) is 1. The molecule has 1 aliphatic heterocycles. The van der Waals surface area contributed by atoms with Crippen LogP contribution in [0.5, 0.6) is 5.88 Å². The largest absolute Gasteiger partial charge is 0.477 e. The van der Waals surface area contributed by atoms with Crippen LogP contribution in [0.15, 0.2) is 18.3 Å². The van der Waals surface area contributed by atoms with E-state index in [1.807, 2.05) is 6.07 Å². The van der Waals surface area contributed by atoms with Crippen LogP contribution in [-0.4, -0.2) is 49.1 Å². The van der Waals surface area contributed by atoms with E-state index in [0.717, 1.165) is 11.8 Å². The number of carbonyl (C=O) groups is 1. The first-order valence-electron chi connectivity index (χ1n) is 8.26. The maximum absolute atomic E-state index is 12.3. The summed E-state index contributed by atoms with van der Waals surface area (Å²) in [5.41, 5.74) is 0.853. The van der Waals surface area contributed by atoms with Crippen LogP contribution in [0.1, 0.15) is 31.2 Å². The van der Waals surface area contributed by atoms with E-state index in [1.165, 1.54) is 17.1 Å². The predicted molar refractivity (Wildman–Crippen MR) is 88.9 cm³/mol. The summed E-state index contributed by atoms with van der Waals surface area (Å²) in [5, 5.41) is 2.80. The van der Waals surface area contributed by atoms with Gasteiger partial charge in [-0.3, -0.25) is 4.79 Å². The Morgan fingerprint density at radius 1 is 1.38 bits per heavy atom. The molecule has 1 N–H and O–H groups in total. The number of amides is 1. The molecule has 1 saturated heterocycles. The number of nitrogens with one attached hydrogen (secondary N) is 1. The van der Waals surface area contributed by atoms with Crippen molar-refractivity contribution in [2.75, 3.05) is 19.4 Å². The molecular formula is C16H23N3O4S. The molecule has 3 rings (SSSR count). The summed E-state index contributed by atoms with van der Waals surface area (Å²) < 4.78 is 30.2. The van der Waals surface area contributed by atoms with Gasteiger partial charge in [-0.15, -0.1) is 0 Å². The fourth-order valence-corrected chi connectivity index (χ4v) is 3.92. The van der Waals surface area contributed by atoms with Gasteiger partial charge in [0.15, 0.2) is 0 Å². The number of aromatic nitrogens is 1. The summed E-state index contributed by atoms with van der Waals surface area (Å²) >= 11 is 0. The molecule has 7 nitrogen and oxygen atoms in total. The zero-order valence-electron chi connectivity index (χ0n) is 13.8. The van der Waals surface area contributed by atoms with Crippen LogP contribution in [0, 0.1) is 5.92 Å². The van der Waals surface area contributed by atoms with Crippen LogP contribution in [0.4, 0.5) is 0 Å². The number of pyridine rings is 1. The fraction of sp³-hybridized carbons (Fsp3) is 0.625. The molecule has 0 radical (unpaired) electrons. The highest BCUT2D eigenvalue weighted by Gasteiger charge is 2.36. The first-order chi connectivity index (χ1) is 11.4. The van der Waals surface area contributed by atoms with Crippen molar-refractivity contribution in [1.82, 2.24) is 14.6 Å². The molecule has 2 aliphatic rings. The van der Waals surface area contributed by atoms with Crippen LogP contribution in [0.3, 0.4) is 0 Å². The lowest BCUT2D eigenvalue weighted by atomic mass is 10.2. The monoisotopic (exact) mass is 353 g/mol. The second kappa shape index (κ2) is 7.06. The van der Waals surface area contributed by atoms with Crippen molar-refractivity contribution >= 4 is 15.9 Å². The lowest BCUT2D eigenvalue weighted by Crippen LogP contribution is -2.45. The SMILES string of the molecule is CS(=O)(=O)N1CCCC1C(=O)NCc1ccc(OCC2CC2)nc1. The number of rotatable bonds is 7. The van der Waals surface area contributed by atoms with Gasteiger partial charge in [0.1, 0.15) is 6.04 Å². The van der Waals surface area contributed by atoms with Gasteiger partial charge >= 0.3 is 0 Å². The summed E-state index contributed by atoms with van der Waals surface area (Å²) in [5.74, 6) is 1.01. The van der Waals surface area contributed by atoms with E-state index in [4.69, 9.17) is 4.74 Å². The molecule has 1 aromatic rings. The van der Waals surface area contributed by atoms with Crippen molar-refractivity contribution in [3.8, 4) is 5.88 Å². The second-order valence-electron chi connectivity index (χ2n) is 6.51. The highest BCUT2D eigenvalue weighted by Crippen LogP contribution is 2.29. The minimum Gasteiger partial charge on any atom is -0.477 e. The van der Waals surface area contributed by atoms with E-state index in [2.05, 4.69) is 10.3 Å². The molecule has 1 aromatic heterocycles. The van der Waals surface area contributed by atoms with Crippen molar-refractivity contribution in [3.05, 3.63) is 23.9 Å². The molecule has 1 amide bonds. The topological polar surface area (TPSA) is 88.6 Å². The Hall–Kier alpha value is -1.67. The summed E-state index contributed by atoms with van der Waals surface area (Å²) in [6.07, 6.45) is 6.55. The van der Waals surface area contributed by atoms with Crippen molar-refractivity contribution in [1.29, 1.82) is 0 Å². The quantitative estimate of drug-likeness (QED) is 0.787. The smallest absolute Gasteiger partial charge is 0.238 e. The molecule has 1 unspecified atom stereocenters. The first-order valence-corrected chi connectivity index (χ1v) is 10.1. The van der Waals surface area contributed by atoms with Gasteiger partial charge in [-0.05, 0) is 37.2 Å². The molecule has 2 heterocycles.